The summed E-state index contributed by atoms with van der Waals surface area (Å²) in [5.74, 6) is 0.416. The highest BCUT2D eigenvalue weighted by Crippen LogP contribution is 2.12. The Morgan fingerprint density at radius 3 is 2.53 bits per heavy atom. The zero-order valence-corrected chi connectivity index (χ0v) is 11.1. The second-order valence-electron chi connectivity index (χ2n) is 3.56. The van der Waals surface area contributed by atoms with E-state index >= 15 is 0 Å². The fourth-order valence-corrected chi connectivity index (χ4v) is 3.53. The Morgan fingerprint density at radius 2 is 1.93 bits per heavy atom. The van der Waals surface area contributed by atoms with Gasteiger partial charge in [0.2, 0.25) is 0 Å². The van der Waals surface area contributed by atoms with Gasteiger partial charge in [0.25, 0.3) is 0 Å². The molecule has 0 saturated heterocycles. The highest BCUT2D eigenvalue weighted by Gasteiger charge is 2.12. The number of rotatable bonds is 5. The normalized spacial score (nSPS) is 11.6. The molecule has 0 aliphatic rings. The second-order valence-corrected chi connectivity index (χ2v) is 6.54. The van der Waals surface area contributed by atoms with Crippen LogP contribution in [0.4, 0.5) is 0 Å². The Hall–Kier alpha value is -0.350. The average Bonchev–Trinajstić information content (AvgIpc) is 2.18. The van der Waals surface area contributed by atoms with Gasteiger partial charge in [0.15, 0.2) is 9.84 Å². The highest BCUT2D eigenvalue weighted by atomic mass is 79.9. The average molecular weight is 291 g/mol. The van der Waals surface area contributed by atoms with Gasteiger partial charge in [0, 0.05) is 5.33 Å². The summed E-state index contributed by atoms with van der Waals surface area (Å²) in [6.07, 6.45) is 0.675. The summed E-state index contributed by atoms with van der Waals surface area (Å²) in [4.78, 5) is 0. The molecule has 0 heterocycles. The van der Waals surface area contributed by atoms with Crippen LogP contribution in [0, 0.1) is 6.92 Å². The molecule has 0 spiro atoms. The van der Waals surface area contributed by atoms with Crippen molar-refractivity contribution in [3.05, 3.63) is 35.4 Å². The van der Waals surface area contributed by atoms with Crippen LogP contribution in [0.15, 0.2) is 24.3 Å². The second kappa shape index (κ2) is 5.66. The van der Waals surface area contributed by atoms with Gasteiger partial charge < -0.3 is 0 Å². The van der Waals surface area contributed by atoms with Crippen LogP contribution in [-0.2, 0) is 15.6 Å². The van der Waals surface area contributed by atoms with Crippen LogP contribution in [0.3, 0.4) is 0 Å². The molecule has 0 atom stereocenters. The van der Waals surface area contributed by atoms with Gasteiger partial charge in [-0.15, -0.1) is 0 Å². The van der Waals surface area contributed by atoms with E-state index in [1.807, 2.05) is 31.2 Å². The van der Waals surface area contributed by atoms with Gasteiger partial charge in [0.1, 0.15) is 0 Å². The molecule has 4 heteroatoms. The van der Waals surface area contributed by atoms with Gasteiger partial charge in [0.05, 0.1) is 11.5 Å². The molecule has 0 unspecified atom stereocenters. The first-order valence-electron chi connectivity index (χ1n) is 4.86. The zero-order valence-electron chi connectivity index (χ0n) is 8.74. The molecule has 0 bridgehead atoms. The van der Waals surface area contributed by atoms with Crippen LogP contribution in [0.25, 0.3) is 0 Å². The van der Waals surface area contributed by atoms with Gasteiger partial charge in [-0.25, -0.2) is 8.42 Å². The maximum atomic E-state index is 11.7. The molecular formula is C11H15BrO2S. The molecular weight excluding hydrogens is 276 g/mol. The summed E-state index contributed by atoms with van der Waals surface area (Å²) in [5.41, 5.74) is 1.95. The van der Waals surface area contributed by atoms with Crippen LogP contribution in [0.5, 0.6) is 0 Å². The number of alkyl halides is 1. The van der Waals surface area contributed by atoms with E-state index < -0.39 is 9.84 Å². The molecule has 0 aliphatic carbocycles. The lowest BCUT2D eigenvalue weighted by molar-refractivity contribution is 0.594. The Kier molecular flexibility index (Phi) is 4.80. The number of hydrogen-bond donors (Lipinski definition) is 0. The van der Waals surface area contributed by atoms with Crippen molar-refractivity contribution in [2.24, 2.45) is 0 Å². The van der Waals surface area contributed by atoms with Gasteiger partial charge in [-0.1, -0.05) is 40.2 Å². The predicted octanol–water partition coefficient (Wildman–Crippen LogP) is 2.69. The molecule has 0 N–H and O–H groups in total. The van der Waals surface area contributed by atoms with Crippen molar-refractivity contribution in [3.8, 4) is 0 Å². The summed E-state index contributed by atoms with van der Waals surface area (Å²) in [6, 6.07) is 7.61. The van der Waals surface area contributed by atoms with Crippen molar-refractivity contribution in [3.63, 3.8) is 0 Å². The van der Waals surface area contributed by atoms with Crippen LogP contribution < -0.4 is 0 Å². The monoisotopic (exact) mass is 290 g/mol. The summed E-state index contributed by atoms with van der Waals surface area (Å²) < 4.78 is 23.4. The van der Waals surface area contributed by atoms with Gasteiger partial charge in [-0.05, 0) is 24.5 Å². The Labute approximate surface area is 99.7 Å². The number of aryl methyl sites for hydroxylation is 1. The molecule has 0 aliphatic heterocycles. The van der Waals surface area contributed by atoms with E-state index in [1.165, 1.54) is 0 Å². The minimum Gasteiger partial charge on any atom is -0.228 e. The van der Waals surface area contributed by atoms with Crippen molar-refractivity contribution in [2.75, 3.05) is 11.1 Å². The molecule has 0 aromatic heterocycles. The van der Waals surface area contributed by atoms with E-state index in [2.05, 4.69) is 15.9 Å². The molecule has 0 fully saturated rings. The Bertz CT molecular complexity index is 412. The van der Waals surface area contributed by atoms with Gasteiger partial charge >= 0.3 is 0 Å². The molecule has 1 aromatic rings. The van der Waals surface area contributed by atoms with Crippen LogP contribution in [-0.4, -0.2) is 19.5 Å². The maximum Gasteiger partial charge on any atom is 0.154 e. The number of halogens is 1. The summed E-state index contributed by atoms with van der Waals surface area (Å²) in [6.45, 7) is 1.94. The third kappa shape index (κ3) is 4.34. The Morgan fingerprint density at radius 1 is 1.27 bits per heavy atom. The largest absolute Gasteiger partial charge is 0.228 e. The first-order chi connectivity index (χ1) is 7.05. The molecule has 2 nitrogen and oxygen atoms in total. The molecule has 15 heavy (non-hydrogen) atoms. The molecule has 84 valence electrons. The minimum atomic E-state index is -2.95. The zero-order chi connectivity index (χ0) is 11.3. The standard InChI is InChI=1S/C11H15BrO2S/c1-10-5-2-3-6-11(10)9-15(13,14)8-4-7-12/h2-3,5-6H,4,7-9H2,1H3. The van der Waals surface area contributed by atoms with E-state index in [-0.39, 0.29) is 11.5 Å². The smallest absolute Gasteiger partial charge is 0.154 e. The first kappa shape index (κ1) is 12.7. The van der Waals surface area contributed by atoms with Crippen LogP contribution in [0.1, 0.15) is 17.5 Å². The van der Waals surface area contributed by atoms with E-state index in [0.717, 1.165) is 16.5 Å². The fourth-order valence-electron chi connectivity index (χ4n) is 1.36. The Balaban J connectivity index is 2.74. The minimum absolute atomic E-state index is 0.159. The van der Waals surface area contributed by atoms with Crippen molar-refractivity contribution in [1.29, 1.82) is 0 Å². The summed E-state index contributed by atoms with van der Waals surface area (Å²) >= 11 is 3.24. The predicted molar refractivity (Wildman–Crippen MR) is 67.1 cm³/mol. The molecule has 1 rings (SSSR count). The quantitative estimate of drug-likeness (QED) is 0.782. The topological polar surface area (TPSA) is 34.1 Å². The summed E-state index contributed by atoms with van der Waals surface area (Å²) in [5, 5.41) is 0.736. The van der Waals surface area contributed by atoms with Crippen molar-refractivity contribution in [1.82, 2.24) is 0 Å². The van der Waals surface area contributed by atoms with Crippen LogP contribution >= 0.6 is 15.9 Å². The third-order valence-corrected chi connectivity index (χ3v) is 4.45. The van der Waals surface area contributed by atoms with Crippen molar-refractivity contribution >= 4 is 25.8 Å². The molecule has 1 aromatic carbocycles. The fraction of sp³-hybridized carbons (Fsp3) is 0.455. The van der Waals surface area contributed by atoms with Gasteiger partial charge in [-0.2, -0.15) is 0 Å². The van der Waals surface area contributed by atoms with Crippen LogP contribution in [0.2, 0.25) is 0 Å². The van der Waals surface area contributed by atoms with E-state index in [9.17, 15) is 8.42 Å². The third-order valence-electron chi connectivity index (χ3n) is 2.23. The van der Waals surface area contributed by atoms with Crippen molar-refractivity contribution < 1.29 is 8.42 Å². The van der Waals surface area contributed by atoms with Gasteiger partial charge in [-0.3, -0.25) is 0 Å². The first-order valence-corrected chi connectivity index (χ1v) is 7.80. The number of benzene rings is 1. The van der Waals surface area contributed by atoms with E-state index in [0.29, 0.717) is 6.42 Å². The lowest BCUT2D eigenvalue weighted by atomic mass is 10.1. The highest BCUT2D eigenvalue weighted by molar-refractivity contribution is 9.09. The lowest BCUT2D eigenvalue weighted by Crippen LogP contribution is -2.10. The SMILES string of the molecule is Cc1ccccc1CS(=O)(=O)CCCBr. The van der Waals surface area contributed by atoms with E-state index in [4.69, 9.17) is 0 Å². The lowest BCUT2D eigenvalue weighted by Gasteiger charge is -2.06. The van der Waals surface area contributed by atoms with Crippen molar-refractivity contribution in [2.45, 2.75) is 19.1 Å². The number of hydrogen-bond acceptors (Lipinski definition) is 2. The number of sulfone groups is 1. The maximum absolute atomic E-state index is 11.7. The summed E-state index contributed by atoms with van der Waals surface area (Å²) in [7, 11) is -2.95. The molecule has 0 amide bonds. The molecule has 0 radical (unpaired) electrons. The molecule has 0 saturated carbocycles. The van der Waals surface area contributed by atoms with E-state index in [1.54, 1.807) is 0 Å².